The van der Waals surface area contributed by atoms with Crippen LogP contribution in [0.3, 0.4) is 0 Å². The van der Waals surface area contributed by atoms with Crippen molar-refractivity contribution in [1.29, 1.82) is 0 Å². The Balaban J connectivity index is 1.59. The number of aliphatic hydroxyl groups is 1. The van der Waals surface area contributed by atoms with Crippen LogP contribution in [0, 0.1) is 12.7 Å². The highest BCUT2D eigenvalue weighted by Gasteiger charge is 2.38. The first-order chi connectivity index (χ1) is 11.0. The lowest BCUT2D eigenvalue weighted by atomic mass is 9.93. The molecule has 1 saturated carbocycles. The van der Waals surface area contributed by atoms with E-state index in [1.165, 1.54) is 25.0 Å². The molecule has 2 aliphatic rings. The Bertz CT molecular complexity index is 730. The molecule has 2 aromatic rings. The van der Waals surface area contributed by atoms with Crippen LogP contribution in [0.25, 0.3) is 0 Å². The Morgan fingerprint density at radius 3 is 2.65 bits per heavy atom. The summed E-state index contributed by atoms with van der Waals surface area (Å²) < 4.78 is 13.1. The van der Waals surface area contributed by atoms with Crippen LogP contribution in [-0.2, 0) is 5.60 Å². The molecule has 4 rings (SSSR count). The van der Waals surface area contributed by atoms with Gasteiger partial charge in [0.2, 0.25) is 0 Å². The lowest BCUT2D eigenvalue weighted by molar-refractivity contribution is 0.0605. The highest BCUT2D eigenvalue weighted by atomic mass is 19.1. The van der Waals surface area contributed by atoms with Gasteiger partial charge >= 0.3 is 0 Å². The quantitative estimate of drug-likeness (QED) is 0.946. The van der Waals surface area contributed by atoms with Crippen molar-refractivity contribution in [2.24, 2.45) is 0 Å². The molecule has 1 aliphatic carbocycles. The van der Waals surface area contributed by atoms with E-state index in [2.05, 4.69) is 9.88 Å². The van der Waals surface area contributed by atoms with E-state index in [0.29, 0.717) is 18.9 Å². The summed E-state index contributed by atoms with van der Waals surface area (Å²) in [6.07, 6.45) is 2.95. The van der Waals surface area contributed by atoms with Crippen molar-refractivity contribution < 1.29 is 9.50 Å². The molecule has 1 aliphatic heterocycles. The van der Waals surface area contributed by atoms with E-state index in [0.717, 1.165) is 29.4 Å². The van der Waals surface area contributed by atoms with Gasteiger partial charge in [-0.15, -0.1) is 0 Å². The molecule has 5 heteroatoms. The number of β-amino-alcohol motifs (C(OH)–C–C–N with tert-alkyl or cyclic N) is 1. The largest absolute Gasteiger partial charge is 0.383 e. The van der Waals surface area contributed by atoms with Crippen molar-refractivity contribution in [1.82, 2.24) is 9.97 Å². The van der Waals surface area contributed by atoms with Crippen molar-refractivity contribution in [3.05, 3.63) is 53.2 Å². The predicted octanol–water partition coefficient (Wildman–Crippen LogP) is 2.90. The molecule has 1 saturated heterocycles. The zero-order valence-electron chi connectivity index (χ0n) is 13.2. The molecule has 1 aromatic heterocycles. The highest BCUT2D eigenvalue weighted by Crippen LogP contribution is 2.39. The van der Waals surface area contributed by atoms with Gasteiger partial charge < -0.3 is 10.0 Å². The molecular weight excluding hydrogens is 293 g/mol. The minimum atomic E-state index is -0.952. The van der Waals surface area contributed by atoms with Gasteiger partial charge in [0.1, 0.15) is 23.1 Å². The van der Waals surface area contributed by atoms with Gasteiger partial charge in [0.25, 0.3) is 0 Å². The van der Waals surface area contributed by atoms with Crippen LogP contribution in [0.1, 0.15) is 42.3 Å². The van der Waals surface area contributed by atoms with Crippen molar-refractivity contribution >= 4 is 5.82 Å². The minimum Gasteiger partial charge on any atom is -0.383 e. The second kappa shape index (κ2) is 5.27. The van der Waals surface area contributed by atoms with Crippen LogP contribution in [0.4, 0.5) is 10.2 Å². The third kappa shape index (κ3) is 2.81. The molecule has 1 N–H and O–H groups in total. The van der Waals surface area contributed by atoms with Crippen molar-refractivity contribution in [2.45, 2.75) is 37.7 Å². The number of rotatable bonds is 3. The van der Waals surface area contributed by atoms with Gasteiger partial charge in [-0.2, -0.15) is 0 Å². The average molecular weight is 313 g/mol. The standard InChI is InChI=1S/C18H20FN3O/c1-12-10-16(21-17(20-12)13-2-3-13)22-9-8-18(23,11-22)14-4-6-15(19)7-5-14/h4-7,10,13,23H,2-3,8-9,11H2,1H3. The Morgan fingerprint density at radius 2 is 1.96 bits per heavy atom. The SMILES string of the molecule is Cc1cc(N2CCC(O)(c3ccc(F)cc3)C2)nc(C2CC2)n1. The summed E-state index contributed by atoms with van der Waals surface area (Å²) in [6.45, 7) is 3.19. The molecule has 1 aromatic carbocycles. The third-order valence-corrected chi connectivity index (χ3v) is 4.75. The van der Waals surface area contributed by atoms with Gasteiger partial charge in [0, 0.05) is 24.2 Å². The van der Waals surface area contributed by atoms with E-state index < -0.39 is 5.60 Å². The fraction of sp³-hybridized carbons (Fsp3) is 0.444. The maximum absolute atomic E-state index is 13.1. The molecule has 0 amide bonds. The summed E-state index contributed by atoms with van der Waals surface area (Å²) in [5, 5.41) is 10.9. The smallest absolute Gasteiger partial charge is 0.134 e. The van der Waals surface area contributed by atoms with Crippen LogP contribution in [0.15, 0.2) is 30.3 Å². The average Bonchev–Trinajstić information content (AvgIpc) is 3.30. The number of aryl methyl sites for hydroxylation is 1. The van der Waals surface area contributed by atoms with Crippen molar-refractivity contribution in [2.75, 3.05) is 18.0 Å². The van der Waals surface area contributed by atoms with E-state index >= 15 is 0 Å². The molecule has 0 bridgehead atoms. The van der Waals surface area contributed by atoms with Gasteiger partial charge in [-0.1, -0.05) is 12.1 Å². The van der Waals surface area contributed by atoms with Gasteiger partial charge in [0.15, 0.2) is 0 Å². The number of aromatic nitrogens is 2. The Kier molecular flexibility index (Phi) is 3.34. The molecule has 120 valence electrons. The highest BCUT2D eigenvalue weighted by molar-refractivity contribution is 5.44. The molecule has 1 unspecified atom stereocenters. The van der Waals surface area contributed by atoms with Gasteiger partial charge in [-0.25, -0.2) is 14.4 Å². The zero-order valence-corrected chi connectivity index (χ0v) is 13.2. The lowest BCUT2D eigenvalue weighted by Crippen LogP contribution is -2.31. The Hall–Kier alpha value is -2.01. The predicted molar refractivity (Wildman–Crippen MR) is 85.9 cm³/mol. The number of hydrogen-bond acceptors (Lipinski definition) is 4. The normalized spacial score (nSPS) is 24.2. The minimum absolute atomic E-state index is 0.285. The van der Waals surface area contributed by atoms with E-state index in [1.54, 1.807) is 12.1 Å². The van der Waals surface area contributed by atoms with Crippen LogP contribution < -0.4 is 4.90 Å². The summed E-state index contributed by atoms with van der Waals surface area (Å²) in [6, 6.07) is 8.10. The first-order valence-electron chi connectivity index (χ1n) is 8.12. The van der Waals surface area contributed by atoms with Gasteiger partial charge in [0.05, 0.1) is 6.54 Å². The Labute approximate surface area is 135 Å². The molecule has 2 fully saturated rings. The first kappa shape index (κ1) is 14.6. The fourth-order valence-electron chi connectivity index (χ4n) is 3.25. The van der Waals surface area contributed by atoms with Gasteiger partial charge in [-0.3, -0.25) is 0 Å². The maximum Gasteiger partial charge on any atom is 0.134 e. The van der Waals surface area contributed by atoms with E-state index in [4.69, 9.17) is 4.98 Å². The zero-order chi connectivity index (χ0) is 16.0. The second-order valence-electron chi connectivity index (χ2n) is 6.71. The number of hydrogen-bond donors (Lipinski definition) is 1. The first-order valence-corrected chi connectivity index (χ1v) is 8.12. The number of nitrogens with zero attached hydrogens (tertiary/aromatic N) is 3. The van der Waals surface area contributed by atoms with Crippen molar-refractivity contribution in [3.8, 4) is 0 Å². The molecule has 4 nitrogen and oxygen atoms in total. The Morgan fingerprint density at radius 1 is 1.22 bits per heavy atom. The molecule has 0 spiro atoms. The molecule has 0 radical (unpaired) electrons. The lowest BCUT2D eigenvalue weighted by Gasteiger charge is -2.24. The van der Waals surface area contributed by atoms with E-state index in [-0.39, 0.29) is 5.82 Å². The molecular formula is C18H20FN3O. The maximum atomic E-state index is 13.1. The van der Waals surface area contributed by atoms with Crippen LogP contribution in [0.5, 0.6) is 0 Å². The summed E-state index contributed by atoms with van der Waals surface area (Å²) in [7, 11) is 0. The van der Waals surface area contributed by atoms with Crippen LogP contribution in [0.2, 0.25) is 0 Å². The van der Waals surface area contributed by atoms with E-state index in [1.807, 2.05) is 13.0 Å². The topological polar surface area (TPSA) is 49.2 Å². The third-order valence-electron chi connectivity index (χ3n) is 4.75. The summed E-state index contributed by atoms with van der Waals surface area (Å²) in [4.78, 5) is 11.3. The molecule has 2 heterocycles. The second-order valence-corrected chi connectivity index (χ2v) is 6.71. The van der Waals surface area contributed by atoms with Crippen LogP contribution in [-0.4, -0.2) is 28.2 Å². The summed E-state index contributed by atoms with van der Waals surface area (Å²) in [5.41, 5.74) is 0.774. The van der Waals surface area contributed by atoms with Crippen molar-refractivity contribution in [3.63, 3.8) is 0 Å². The molecule has 1 atom stereocenters. The van der Waals surface area contributed by atoms with Gasteiger partial charge in [-0.05, 0) is 43.9 Å². The summed E-state index contributed by atoms with van der Waals surface area (Å²) >= 11 is 0. The fourth-order valence-corrected chi connectivity index (χ4v) is 3.25. The molecule has 23 heavy (non-hydrogen) atoms. The van der Waals surface area contributed by atoms with Crippen LogP contribution >= 0.6 is 0 Å². The monoisotopic (exact) mass is 313 g/mol. The number of anilines is 1. The number of halogens is 1. The van der Waals surface area contributed by atoms with E-state index in [9.17, 15) is 9.50 Å². The number of benzene rings is 1. The summed E-state index contributed by atoms with van der Waals surface area (Å²) in [5.74, 6) is 2.04.